The van der Waals surface area contributed by atoms with Gasteiger partial charge in [-0.25, -0.2) is 9.97 Å². The molecule has 0 saturated carbocycles. The van der Waals surface area contributed by atoms with E-state index in [9.17, 15) is 4.79 Å². The van der Waals surface area contributed by atoms with Crippen molar-refractivity contribution >= 4 is 5.97 Å². The summed E-state index contributed by atoms with van der Waals surface area (Å²) in [5, 5.41) is 0. The number of esters is 1. The van der Waals surface area contributed by atoms with Crippen molar-refractivity contribution in [3.8, 4) is 34.0 Å². The molecule has 0 amide bonds. The standard InChI is InChI=1S/C34H46N2O3/c1-4-6-8-10-13-27(3)14-12-15-33(37)39-32-22-16-28(17-23-32)30-25-35-34(36-26-30)29-18-20-31(21-19-29)38-24-11-9-7-5-2/h16-23,25-27H,4-15,24H2,1-3H3. The number of carbonyl (C=O) groups excluding carboxylic acids is 1. The molecule has 0 aliphatic heterocycles. The summed E-state index contributed by atoms with van der Waals surface area (Å²) < 4.78 is 11.4. The van der Waals surface area contributed by atoms with Gasteiger partial charge in [0.25, 0.3) is 0 Å². The highest BCUT2D eigenvalue weighted by molar-refractivity contribution is 5.73. The second kappa shape index (κ2) is 17.4. The molecule has 2 aromatic carbocycles. The largest absolute Gasteiger partial charge is 0.494 e. The molecule has 5 heteroatoms. The maximum Gasteiger partial charge on any atom is 0.311 e. The van der Waals surface area contributed by atoms with Gasteiger partial charge in [0.15, 0.2) is 5.82 Å². The predicted molar refractivity (Wildman–Crippen MR) is 160 cm³/mol. The van der Waals surface area contributed by atoms with E-state index >= 15 is 0 Å². The Hall–Kier alpha value is -3.21. The first-order valence-corrected chi connectivity index (χ1v) is 15.0. The number of nitrogens with zero attached hydrogens (tertiary/aromatic N) is 2. The van der Waals surface area contributed by atoms with Crippen molar-refractivity contribution in [3.63, 3.8) is 0 Å². The van der Waals surface area contributed by atoms with Crippen molar-refractivity contribution in [1.29, 1.82) is 0 Å². The topological polar surface area (TPSA) is 61.3 Å². The van der Waals surface area contributed by atoms with Crippen LogP contribution in [0.15, 0.2) is 60.9 Å². The summed E-state index contributed by atoms with van der Waals surface area (Å²) in [5.74, 6) is 2.62. The molecule has 1 aromatic heterocycles. The molecule has 39 heavy (non-hydrogen) atoms. The van der Waals surface area contributed by atoms with Crippen LogP contribution in [0.5, 0.6) is 11.5 Å². The molecule has 1 heterocycles. The van der Waals surface area contributed by atoms with Gasteiger partial charge in [-0.15, -0.1) is 0 Å². The van der Waals surface area contributed by atoms with Gasteiger partial charge < -0.3 is 9.47 Å². The number of ether oxygens (including phenoxy) is 2. The van der Waals surface area contributed by atoms with E-state index in [-0.39, 0.29) is 5.97 Å². The van der Waals surface area contributed by atoms with Crippen LogP contribution >= 0.6 is 0 Å². The van der Waals surface area contributed by atoms with Gasteiger partial charge in [0.2, 0.25) is 0 Å². The molecular weight excluding hydrogens is 484 g/mol. The van der Waals surface area contributed by atoms with Gasteiger partial charge in [0.1, 0.15) is 11.5 Å². The molecule has 1 atom stereocenters. The molecule has 1 unspecified atom stereocenters. The summed E-state index contributed by atoms with van der Waals surface area (Å²) in [6, 6.07) is 15.5. The van der Waals surface area contributed by atoms with E-state index in [0.29, 0.717) is 23.9 Å². The van der Waals surface area contributed by atoms with E-state index in [1.807, 2.05) is 60.9 Å². The normalized spacial score (nSPS) is 11.8. The number of aromatic nitrogens is 2. The second-order valence-corrected chi connectivity index (χ2v) is 10.6. The van der Waals surface area contributed by atoms with Gasteiger partial charge in [-0.2, -0.15) is 0 Å². The number of hydrogen-bond acceptors (Lipinski definition) is 5. The van der Waals surface area contributed by atoms with Crippen LogP contribution in [0.2, 0.25) is 0 Å². The molecule has 5 nitrogen and oxygen atoms in total. The highest BCUT2D eigenvalue weighted by Gasteiger charge is 2.09. The molecule has 210 valence electrons. The van der Waals surface area contributed by atoms with Gasteiger partial charge in [-0.3, -0.25) is 4.79 Å². The Morgan fingerprint density at radius 2 is 1.28 bits per heavy atom. The highest BCUT2D eigenvalue weighted by atomic mass is 16.5. The Labute approximate surface area is 235 Å². The Bertz CT molecular complexity index is 1080. The highest BCUT2D eigenvalue weighted by Crippen LogP contribution is 2.25. The zero-order chi connectivity index (χ0) is 27.7. The molecule has 0 radical (unpaired) electrons. The lowest BCUT2D eigenvalue weighted by Crippen LogP contribution is -2.08. The van der Waals surface area contributed by atoms with Crippen LogP contribution in [0.25, 0.3) is 22.5 Å². The molecule has 3 rings (SSSR count). The van der Waals surface area contributed by atoms with E-state index < -0.39 is 0 Å². The van der Waals surface area contributed by atoms with Crippen molar-refractivity contribution in [2.75, 3.05) is 6.61 Å². The van der Waals surface area contributed by atoms with E-state index in [1.165, 1.54) is 51.4 Å². The number of rotatable bonds is 18. The maximum absolute atomic E-state index is 12.3. The predicted octanol–water partition coefficient (Wildman–Crippen LogP) is 9.45. The third kappa shape index (κ3) is 11.2. The molecule has 0 aliphatic rings. The van der Waals surface area contributed by atoms with Crippen LogP contribution in [0.4, 0.5) is 0 Å². The average Bonchev–Trinajstić information content (AvgIpc) is 2.96. The fourth-order valence-corrected chi connectivity index (χ4v) is 4.60. The summed E-state index contributed by atoms with van der Waals surface area (Å²) in [7, 11) is 0. The fourth-order valence-electron chi connectivity index (χ4n) is 4.60. The lowest BCUT2D eigenvalue weighted by Gasteiger charge is -2.11. The van der Waals surface area contributed by atoms with Gasteiger partial charge in [0, 0.05) is 29.9 Å². The summed E-state index contributed by atoms with van der Waals surface area (Å²) in [5.41, 5.74) is 2.84. The lowest BCUT2D eigenvalue weighted by molar-refractivity contribution is -0.134. The van der Waals surface area contributed by atoms with Crippen molar-refractivity contribution in [3.05, 3.63) is 60.9 Å². The zero-order valence-electron chi connectivity index (χ0n) is 24.2. The minimum Gasteiger partial charge on any atom is -0.494 e. The molecule has 0 saturated heterocycles. The van der Waals surface area contributed by atoms with Gasteiger partial charge in [-0.1, -0.05) is 90.7 Å². The Morgan fingerprint density at radius 1 is 0.692 bits per heavy atom. The van der Waals surface area contributed by atoms with Crippen LogP contribution in [0, 0.1) is 5.92 Å². The minimum atomic E-state index is -0.165. The summed E-state index contributed by atoms with van der Waals surface area (Å²) >= 11 is 0. The van der Waals surface area contributed by atoms with Crippen molar-refractivity contribution in [2.45, 2.75) is 97.8 Å². The fraction of sp³-hybridized carbons (Fsp3) is 0.500. The number of benzene rings is 2. The van der Waals surface area contributed by atoms with Crippen LogP contribution in [0.1, 0.15) is 97.8 Å². The number of carbonyl (C=O) groups is 1. The van der Waals surface area contributed by atoms with Crippen LogP contribution in [0.3, 0.4) is 0 Å². The van der Waals surface area contributed by atoms with Crippen LogP contribution < -0.4 is 9.47 Å². The Kier molecular flexibility index (Phi) is 13.5. The molecular formula is C34H46N2O3. The van der Waals surface area contributed by atoms with Gasteiger partial charge in [-0.05, 0) is 60.7 Å². The molecule has 0 bridgehead atoms. The second-order valence-electron chi connectivity index (χ2n) is 10.6. The number of hydrogen-bond donors (Lipinski definition) is 0. The summed E-state index contributed by atoms with van der Waals surface area (Å²) in [4.78, 5) is 21.4. The van der Waals surface area contributed by atoms with E-state index in [4.69, 9.17) is 9.47 Å². The van der Waals surface area contributed by atoms with Crippen LogP contribution in [-0.2, 0) is 4.79 Å². The minimum absolute atomic E-state index is 0.165. The zero-order valence-corrected chi connectivity index (χ0v) is 24.2. The van der Waals surface area contributed by atoms with Gasteiger partial charge >= 0.3 is 5.97 Å². The summed E-state index contributed by atoms with van der Waals surface area (Å²) in [6.07, 6.45) is 17.3. The quantitative estimate of drug-likeness (QED) is 0.0931. The van der Waals surface area contributed by atoms with Crippen molar-refractivity contribution in [2.24, 2.45) is 5.92 Å². The third-order valence-corrected chi connectivity index (χ3v) is 7.08. The SMILES string of the molecule is CCCCCCOc1ccc(-c2ncc(-c3ccc(OC(=O)CCCC(C)CCCCCC)cc3)cn2)cc1. The van der Waals surface area contributed by atoms with Gasteiger partial charge in [0.05, 0.1) is 6.61 Å². The van der Waals surface area contributed by atoms with Crippen molar-refractivity contribution < 1.29 is 14.3 Å². The first kappa shape index (κ1) is 30.3. The first-order valence-electron chi connectivity index (χ1n) is 15.0. The maximum atomic E-state index is 12.3. The third-order valence-electron chi connectivity index (χ3n) is 7.08. The van der Waals surface area contributed by atoms with Crippen LogP contribution in [-0.4, -0.2) is 22.5 Å². The van der Waals surface area contributed by atoms with Crippen molar-refractivity contribution in [1.82, 2.24) is 9.97 Å². The number of unbranched alkanes of at least 4 members (excludes halogenated alkanes) is 6. The molecule has 0 aliphatic carbocycles. The van der Waals surface area contributed by atoms with E-state index in [2.05, 4.69) is 30.7 Å². The summed E-state index contributed by atoms with van der Waals surface area (Å²) in [6.45, 7) is 7.49. The van der Waals surface area contributed by atoms with E-state index in [0.717, 1.165) is 48.3 Å². The molecule has 3 aromatic rings. The Balaban J connectivity index is 1.42. The monoisotopic (exact) mass is 530 g/mol. The molecule has 0 fully saturated rings. The smallest absolute Gasteiger partial charge is 0.311 e. The molecule has 0 N–H and O–H groups in total. The molecule has 0 spiro atoms. The first-order chi connectivity index (χ1) is 19.1. The van der Waals surface area contributed by atoms with E-state index in [1.54, 1.807) is 0 Å². The Morgan fingerprint density at radius 3 is 1.95 bits per heavy atom. The lowest BCUT2D eigenvalue weighted by atomic mass is 9.97. The average molecular weight is 531 g/mol.